The number of rotatable bonds is 2. The minimum atomic E-state index is -0.535. The highest BCUT2D eigenvalue weighted by atomic mass is 16.6. The smallest absolute Gasteiger partial charge is 0.309 e. The molecular formula is C22H28O4. The molecule has 4 heteroatoms. The van der Waals surface area contributed by atoms with Gasteiger partial charge in [-0.3, -0.25) is 4.79 Å². The summed E-state index contributed by atoms with van der Waals surface area (Å²) >= 11 is 0. The number of carbonyl (C=O) groups excluding carboxylic acids is 1. The third kappa shape index (κ3) is 2.41. The molecule has 140 valence electrons. The highest BCUT2D eigenvalue weighted by molar-refractivity contribution is 5.75. The number of phenols is 1. The quantitative estimate of drug-likeness (QED) is 0.796. The molecule has 2 N–H and O–H groups in total. The molecule has 0 aliphatic heterocycles. The van der Waals surface area contributed by atoms with Crippen molar-refractivity contribution in [1.29, 1.82) is 0 Å². The summed E-state index contributed by atoms with van der Waals surface area (Å²) in [6, 6.07) is 5.82. The Morgan fingerprint density at radius 2 is 2.04 bits per heavy atom. The molecule has 0 saturated heterocycles. The molecular weight excluding hydrogens is 328 g/mol. The van der Waals surface area contributed by atoms with Crippen molar-refractivity contribution in [3.8, 4) is 5.75 Å². The summed E-state index contributed by atoms with van der Waals surface area (Å²) in [5, 5.41) is 20.5. The summed E-state index contributed by atoms with van der Waals surface area (Å²) in [6.07, 6.45) is 5.88. The number of carbonyl (C=O) groups is 1. The van der Waals surface area contributed by atoms with Gasteiger partial charge in [0.05, 0.1) is 12.0 Å². The monoisotopic (exact) mass is 356 g/mol. The molecule has 0 radical (unpaired) electrons. The zero-order valence-electron chi connectivity index (χ0n) is 15.4. The number of hydrogen-bond acceptors (Lipinski definition) is 4. The van der Waals surface area contributed by atoms with Crippen molar-refractivity contribution in [3.63, 3.8) is 0 Å². The van der Waals surface area contributed by atoms with Crippen molar-refractivity contribution in [2.45, 2.75) is 70.0 Å². The average molecular weight is 356 g/mol. The molecule has 4 aliphatic rings. The van der Waals surface area contributed by atoms with Gasteiger partial charge >= 0.3 is 5.97 Å². The van der Waals surface area contributed by atoms with Crippen molar-refractivity contribution in [2.75, 3.05) is 0 Å². The number of aliphatic hydroxyl groups excluding tert-OH is 1. The van der Waals surface area contributed by atoms with Crippen molar-refractivity contribution < 1.29 is 19.7 Å². The second-order valence-electron chi connectivity index (χ2n) is 9.28. The zero-order chi connectivity index (χ0) is 18.1. The van der Waals surface area contributed by atoms with E-state index in [1.54, 1.807) is 6.07 Å². The molecule has 3 fully saturated rings. The van der Waals surface area contributed by atoms with Gasteiger partial charge in [-0.25, -0.2) is 0 Å². The van der Waals surface area contributed by atoms with E-state index >= 15 is 0 Å². The maximum atomic E-state index is 12.2. The van der Waals surface area contributed by atoms with Gasteiger partial charge in [0, 0.05) is 5.41 Å². The maximum absolute atomic E-state index is 12.2. The van der Waals surface area contributed by atoms with Gasteiger partial charge in [-0.05, 0) is 86.0 Å². The lowest BCUT2D eigenvalue weighted by molar-refractivity contribution is -0.165. The lowest BCUT2D eigenvalue weighted by atomic mass is 9.55. The Balaban J connectivity index is 1.42. The number of aryl methyl sites for hydroxylation is 1. The molecule has 26 heavy (non-hydrogen) atoms. The Bertz CT molecular complexity index is 740. The summed E-state index contributed by atoms with van der Waals surface area (Å²) in [4.78, 5) is 12.2. The molecule has 1 aromatic rings. The van der Waals surface area contributed by atoms with Gasteiger partial charge in [-0.2, -0.15) is 0 Å². The molecule has 6 atom stereocenters. The van der Waals surface area contributed by atoms with Gasteiger partial charge in [0.1, 0.15) is 11.9 Å². The largest absolute Gasteiger partial charge is 0.508 e. The lowest BCUT2D eigenvalue weighted by Gasteiger charge is -2.50. The number of phenolic OH excluding ortho intramolecular Hbond substituents is 1. The van der Waals surface area contributed by atoms with E-state index in [-0.39, 0.29) is 23.4 Å². The number of esters is 1. The fraction of sp³-hybridized carbons (Fsp3) is 0.682. The van der Waals surface area contributed by atoms with E-state index in [9.17, 15) is 15.0 Å². The summed E-state index contributed by atoms with van der Waals surface area (Å²) in [5.74, 6) is 1.77. The molecule has 1 aromatic carbocycles. The van der Waals surface area contributed by atoms with E-state index in [4.69, 9.17) is 4.74 Å². The van der Waals surface area contributed by atoms with Gasteiger partial charge in [-0.15, -0.1) is 0 Å². The van der Waals surface area contributed by atoms with Crippen LogP contribution in [-0.2, 0) is 16.0 Å². The predicted molar refractivity (Wildman–Crippen MR) is 96.7 cm³/mol. The fourth-order valence-electron chi connectivity index (χ4n) is 6.29. The topological polar surface area (TPSA) is 66.8 Å². The van der Waals surface area contributed by atoms with Gasteiger partial charge in [0.15, 0.2) is 0 Å². The maximum Gasteiger partial charge on any atom is 0.309 e. The minimum absolute atomic E-state index is 0.0791. The third-order valence-corrected chi connectivity index (χ3v) is 7.80. The van der Waals surface area contributed by atoms with Crippen molar-refractivity contribution in [1.82, 2.24) is 0 Å². The SMILES string of the molecule is C[C@]12CCC3c4ccc(O)cc4CCC3C1C[C@@H](O)[C@@H]2OC(=O)C1CC1. The summed E-state index contributed by atoms with van der Waals surface area (Å²) in [6.45, 7) is 2.24. The predicted octanol–water partition coefficient (Wildman–Crippen LogP) is 3.54. The normalized spacial score (nSPS) is 41.1. The Morgan fingerprint density at radius 1 is 1.23 bits per heavy atom. The van der Waals surface area contributed by atoms with Crippen molar-refractivity contribution in [2.24, 2.45) is 23.2 Å². The number of aliphatic hydroxyl groups is 1. The van der Waals surface area contributed by atoms with Crippen LogP contribution in [0.15, 0.2) is 18.2 Å². The van der Waals surface area contributed by atoms with Gasteiger partial charge in [-0.1, -0.05) is 13.0 Å². The van der Waals surface area contributed by atoms with Crippen LogP contribution in [0.25, 0.3) is 0 Å². The van der Waals surface area contributed by atoms with E-state index in [0.29, 0.717) is 23.5 Å². The van der Waals surface area contributed by atoms with Crippen LogP contribution >= 0.6 is 0 Å². The van der Waals surface area contributed by atoms with Crippen LogP contribution < -0.4 is 0 Å². The first-order chi connectivity index (χ1) is 12.5. The van der Waals surface area contributed by atoms with Gasteiger partial charge in [0.2, 0.25) is 0 Å². The summed E-state index contributed by atoms with van der Waals surface area (Å²) < 4.78 is 5.86. The lowest BCUT2D eigenvalue weighted by Crippen LogP contribution is -2.46. The Hall–Kier alpha value is -1.55. The standard InChI is InChI=1S/C22H28O4/c1-22-9-8-16-15-7-5-14(23)10-13(15)4-6-17(16)18(22)11-19(24)20(22)26-21(25)12-2-3-12/h5,7,10,12,16-20,23-24H,2-4,6,8-9,11H2,1H3/t16?,17?,18?,19-,20+,22+/m1/s1. The van der Waals surface area contributed by atoms with Crippen LogP contribution in [0.2, 0.25) is 0 Å². The van der Waals surface area contributed by atoms with Crippen molar-refractivity contribution >= 4 is 5.97 Å². The molecule has 4 aliphatic carbocycles. The molecule has 3 saturated carbocycles. The number of hydrogen-bond donors (Lipinski definition) is 2. The van der Waals surface area contributed by atoms with Gasteiger partial charge < -0.3 is 14.9 Å². The first kappa shape index (κ1) is 16.6. The van der Waals surface area contributed by atoms with E-state index < -0.39 is 6.10 Å². The molecule has 0 aromatic heterocycles. The highest BCUT2D eigenvalue weighted by Crippen LogP contribution is 2.61. The Kier molecular flexibility index (Phi) is 3.66. The Morgan fingerprint density at radius 3 is 2.81 bits per heavy atom. The molecule has 4 nitrogen and oxygen atoms in total. The number of ether oxygens (including phenoxy) is 1. The first-order valence-electron chi connectivity index (χ1n) is 10.2. The van der Waals surface area contributed by atoms with E-state index in [0.717, 1.165) is 44.9 Å². The van der Waals surface area contributed by atoms with Crippen molar-refractivity contribution in [3.05, 3.63) is 29.3 Å². The van der Waals surface area contributed by atoms with Crippen LogP contribution in [0.4, 0.5) is 0 Å². The van der Waals surface area contributed by atoms with Crippen LogP contribution in [0.3, 0.4) is 0 Å². The van der Waals surface area contributed by atoms with Crippen LogP contribution in [-0.4, -0.2) is 28.4 Å². The number of fused-ring (bicyclic) bond motifs is 5. The molecule has 0 spiro atoms. The number of aromatic hydroxyl groups is 1. The summed E-state index contributed by atoms with van der Waals surface area (Å²) in [5.41, 5.74) is 2.55. The highest BCUT2D eigenvalue weighted by Gasteiger charge is 2.60. The molecule has 0 heterocycles. The van der Waals surface area contributed by atoms with E-state index in [1.807, 2.05) is 6.07 Å². The first-order valence-corrected chi connectivity index (χ1v) is 10.2. The third-order valence-electron chi connectivity index (χ3n) is 7.80. The molecule has 3 unspecified atom stereocenters. The molecule has 0 amide bonds. The minimum Gasteiger partial charge on any atom is -0.508 e. The zero-order valence-corrected chi connectivity index (χ0v) is 15.4. The van der Waals surface area contributed by atoms with E-state index in [2.05, 4.69) is 13.0 Å². The summed E-state index contributed by atoms with van der Waals surface area (Å²) in [7, 11) is 0. The average Bonchev–Trinajstić information content (AvgIpc) is 3.42. The molecule has 0 bridgehead atoms. The van der Waals surface area contributed by atoms with E-state index in [1.165, 1.54) is 11.1 Å². The second kappa shape index (κ2) is 5.72. The second-order valence-corrected chi connectivity index (χ2v) is 9.28. The fourth-order valence-corrected chi connectivity index (χ4v) is 6.29. The number of benzene rings is 1. The van der Waals surface area contributed by atoms with Crippen LogP contribution in [0.5, 0.6) is 5.75 Å². The van der Waals surface area contributed by atoms with Crippen LogP contribution in [0, 0.1) is 23.2 Å². The Labute approximate surface area is 154 Å². The van der Waals surface area contributed by atoms with Gasteiger partial charge in [0.25, 0.3) is 0 Å². The van der Waals surface area contributed by atoms with Crippen LogP contribution in [0.1, 0.15) is 62.5 Å². The molecule has 5 rings (SSSR count).